The van der Waals surface area contributed by atoms with Gasteiger partial charge in [0.2, 0.25) is 0 Å². The van der Waals surface area contributed by atoms with Gasteiger partial charge in [0.15, 0.2) is 5.13 Å². The number of nitrogens with zero attached hydrogens (tertiary/aromatic N) is 2. The third-order valence-electron chi connectivity index (χ3n) is 3.97. The van der Waals surface area contributed by atoms with Crippen LogP contribution in [-0.2, 0) is 0 Å². The molecule has 0 fully saturated rings. The van der Waals surface area contributed by atoms with Crippen molar-refractivity contribution in [2.75, 3.05) is 11.9 Å². The summed E-state index contributed by atoms with van der Waals surface area (Å²) in [5.41, 5.74) is 1.84. The summed E-state index contributed by atoms with van der Waals surface area (Å²) in [5, 5.41) is 17.5. The molecule has 0 radical (unpaired) electrons. The number of pyridine rings is 1. The minimum atomic E-state index is -0.963. The maximum absolute atomic E-state index is 10.5. The zero-order chi connectivity index (χ0) is 18.3. The number of aromatic nitrogens is 2. The number of thiazole rings is 1. The van der Waals surface area contributed by atoms with Crippen molar-refractivity contribution in [3.05, 3.63) is 29.8 Å². The standard InChI is InChI=1S/C18H26N4O2S/c1-18(2,3)15(9-5-7-11-20-17(23)24)22-16-21-14(12-25-16)13-8-4-6-10-19-13/h4,6,8,10,12,15,20H,5,7,9,11H2,1-3H3,(H,21,22)(H,23,24). The molecule has 0 aliphatic rings. The van der Waals surface area contributed by atoms with E-state index in [2.05, 4.69) is 41.4 Å². The molecule has 136 valence electrons. The van der Waals surface area contributed by atoms with E-state index >= 15 is 0 Å². The number of carbonyl (C=O) groups is 1. The maximum Gasteiger partial charge on any atom is 0.404 e. The summed E-state index contributed by atoms with van der Waals surface area (Å²) in [6, 6.07) is 6.07. The van der Waals surface area contributed by atoms with Gasteiger partial charge in [-0.25, -0.2) is 9.78 Å². The highest BCUT2D eigenvalue weighted by atomic mass is 32.1. The Kier molecular flexibility index (Phi) is 6.75. The van der Waals surface area contributed by atoms with Crippen LogP contribution in [0.1, 0.15) is 40.0 Å². The minimum absolute atomic E-state index is 0.0804. The first-order valence-corrected chi connectivity index (χ1v) is 9.34. The molecule has 0 aliphatic carbocycles. The van der Waals surface area contributed by atoms with Crippen molar-refractivity contribution in [1.82, 2.24) is 15.3 Å². The van der Waals surface area contributed by atoms with Crippen molar-refractivity contribution in [2.45, 2.75) is 46.1 Å². The van der Waals surface area contributed by atoms with Crippen LogP contribution in [0.3, 0.4) is 0 Å². The Bertz CT molecular complexity index is 667. The lowest BCUT2D eigenvalue weighted by atomic mass is 9.84. The highest BCUT2D eigenvalue weighted by molar-refractivity contribution is 7.14. The first-order valence-electron chi connectivity index (χ1n) is 8.46. The monoisotopic (exact) mass is 362 g/mol. The Morgan fingerprint density at radius 3 is 2.72 bits per heavy atom. The number of anilines is 1. The zero-order valence-electron chi connectivity index (χ0n) is 15.0. The molecule has 1 amide bonds. The topological polar surface area (TPSA) is 87.1 Å². The summed E-state index contributed by atoms with van der Waals surface area (Å²) in [4.78, 5) is 19.5. The van der Waals surface area contributed by atoms with E-state index in [1.54, 1.807) is 17.5 Å². The molecular formula is C18H26N4O2S. The molecular weight excluding hydrogens is 336 g/mol. The molecule has 1 atom stereocenters. The SMILES string of the molecule is CC(C)(C)C(CCCCNC(=O)O)Nc1nc(-c2ccccn2)cs1. The summed E-state index contributed by atoms with van der Waals surface area (Å²) in [6.07, 6.45) is 3.55. The molecule has 2 aromatic rings. The van der Waals surface area contributed by atoms with E-state index in [0.717, 1.165) is 35.8 Å². The van der Waals surface area contributed by atoms with E-state index in [0.29, 0.717) is 6.54 Å². The molecule has 2 aromatic heterocycles. The number of amides is 1. The second-order valence-corrected chi connectivity index (χ2v) is 7.90. The molecule has 0 saturated carbocycles. The highest BCUT2D eigenvalue weighted by Gasteiger charge is 2.25. The molecule has 3 N–H and O–H groups in total. The van der Waals surface area contributed by atoms with Crippen LogP contribution in [0.2, 0.25) is 0 Å². The number of unbranched alkanes of at least 4 members (excludes halogenated alkanes) is 1. The first kappa shape index (κ1) is 19.2. The third-order valence-corrected chi connectivity index (χ3v) is 4.74. The number of hydrogen-bond donors (Lipinski definition) is 3. The number of hydrogen-bond acceptors (Lipinski definition) is 5. The lowest BCUT2D eigenvalue weighted by Crippen LogP contribution is -2.34. The van der Waals surface area contributed by atoms with E-state index in [1.165, 1.54) is 0 Å². The van der Waals surface area contributed by atoms with Crippen LogP contribution >= 0.6 is 11.3 Å². The summed E-state index contributed by atoms with van der Waals surface area (Å²) in [7, 11) is 0. The lowest BCUT2D eigenvalue weighted by Gasteiger charge is -2.31. The van der Waals surface area contributed by atoms with E-state index in [9.17, 15) is 4.79 Å². The van der Waals surface area contributed by atoms with Crippen molar-refractivity contribution in [3.63, 3.8) is 0 Å². The molecule has 0 aromatic carbocycles. The molecule has 25 heavy (non-hydrogen) atoms. The van der Waals surface area contributed by atoms with Gasteiger partial charge < -0.3 is 15.7 Å². The van der Waals surface area contributed by atoms with Crippen LogP contribution in [0.4, 0.5) is 9.93 Å². The van der Waals surface area contributed by atoms with Gasteiger partial charge in [-0.1, -0.05) is 26.8 Å². The predicted octanol–water partition coefficient (Wildman–Crippen LogP) is 4.47. The van der Waals surface area contributed by atoms with Gasteiger partial charge in [-0.15, -0.1) is 11.3 Å². The fourth-order valence-corrected chi connectivity index (χ4v) is 3.27. The molecule has 7 heteroatoms. The smallest absolute Gasteiger partial charge is 0.404 e. The van der Waals surface area contributed by atoms with Gasteiger partial charge in [-0.2, -0.15) is 0 Å². The third kappa shape index (κ3) is 6.34. The number of rotatable bonds is 8. The highest BCUT2D eigenvalue weighted by Crippen LogP contribution is 2.30. The van der Waals surface area contributed by atoms with Crippen LogP contribution in [0.25, 0.3) is 11.4 Å². The van der Waals surface area contributed by atoms with Gasteiger partial charge in [-0.05, 0) is 36.8 Å². The Hall–Kier alpha value is -2.15. The van der Waals surface area contributed by atoms with Crippen molar-refractivity contribution >= 4 is 22.6 Å². The number of nitrogens with one attached hydrogen (secondary N) is 2. The maximum atomic E-state index is 10.5. The van der Waals surface area contributed by atoms with Crippen LogP contribution in [0.15, 0.2) is 29.8 Å². The Labute approximate surface area is 152 Å². The molecule has 0 bridgehead atoms. The normalized spacial score (nSPS) is 12.6. The van der Waals surface area contributed by atoms with E-state index in [-0.39, 0.29) is 11.5 Å². The van der Waals surface area contributed by atoms with Crippen LogP contribution < -0.4 is 10.6 Å². The van der Waals surface area contributed by atoms with Crippen molar-refractivity contribution in [2.24, 2.45) is 5.41 Å². The van der Waals surface area contributed by atoms with Crippen molar-refractivity contribution in [3.8, 4) is 11.4 Å². The molecule has 2 rings (SSSR count). The molecule has 1 unspecified atom stereocenters. The Morgan fingerprint density at radius 1 is 1.28 bits per heavy atom. The molecule has 0 saturated heterocycles. The van der Waals surface area contributed by atoms with Gasteiger partial charge >= 0.3 is 6.09 Å². The lowest BCUT2D eigenvalue weighted by molar-refractivity contribution is 0.194. The quantitative estimate of drug-likeness (QED) is 0.603. The number of carboxylic acid groups (broad SMARTS) is 1. The Morgan fingerprint density at radius 2 is 2.08 bits per heavy atom. The summed E-state index contributed by atoms with van der Waals surface area (Å²) >= 11 is 1.58. The van der Waals surface area contributed by atoms with E-state index in [1.807, 2.05) is 23.6 Å². The summed E-state index contributed by atoms with van der Waals surface area (Å²) in [6.45, 7) is 7.10. The fraction of sp³-hybridized carbons (Fsp3) is 0.500. The average molecular weight is 362 g/mol. The first-order chi connectivity index (χ1) is 11.9. The Balaban J connectivity index is 1.93. The van der Waals surface area contributed by atoms with Gasteiger partial charge in [0.05, 0.1) is 5.69 Å². The molecule has 0 spiro atoms. The summed E-state index contributed by atoms with van der Waals surface area (Å²) < 4.78 is 0. The van der Waals surface area contributed by atoms with Crippen LogP contribution in [-0.4, -0.2) is 33.8 Å². The van der Waals surface area contributed by atoms with Gasteiger partial charge in [0.25, 0.3) is 0 Å². The van der Waals surface area contributed by atoms with Gasteiger partial charge in [0, 0.05) is 24.2 Å². The fourth-order valence-electron chi connectivity index (χ4n) is 2.51. The zero-order valence-corrected chi connectivity index (χ0v) is 15.8. The van der Waals surface area contributed by atoms with E-state index in [4.69, 9.17) is 5.11 Å². The minimum Gasteiger partial charge on any atom is -0.465 e. The second kappa shape index (κ2) is 8.80. The largest absolute Gasteiger partial charge is 0.465 e. The van der Waals surface area contributed by atoms with Crippen molar-refractivity contribution in [1.29, 1.82) is 0 Å². The molecule has 0 aliphatic heterocycles. The van der Waals surface area contributed by atoms with Crippen LogP contribution in [0.5, 0.6) is 0 Å². The van der Waals surface area contributed by atoms with Gasteiger partial charge in [0.1, 0.15) is 5.69 Å². The van der Waals surface area contributed by atoms with Crippen molar-refractivity contribution < 1.29 is 9.90 Å². The van der Waals surface area contributed by atoms with E-state index < -0.39 is 6.09 Å². The second-order valence-electron chi connectivity index (χ2n) is 7.04. The molecule has 2 heterocycles. The predicted molar refractivity (Wildman–Crippen MR) is 102 cm³/mol. The van der Waals surface area contributed by atoms with Crippen LogP contribution in [0, 0.1) is 5.41 Å². The summed E-state index contributed by atoms with van der Waals surface area (Å²) in [5.74, 6) is 0. The molecule has 6 nitrogen and oxygen atoms in total. The van der Waals surface area contributed by atoms with Gasteiger partial charge in [-0.3, -0.25) is 4.98 Å². The average Bonchev–Trinajstić information content (AvgIpc) is 3.02.